The third-order valence-electron chi connectivity index (χ3n) is 3.96. The smallest absolute Gasteiger partial charge is 0.0838 e. The van der Waals surface area contributed by atoms with Gasteiger partial charge in [-0.25, -0.2) is 0 Å². The maximum atomic E-state index is 9.34. The van der Waals surface area contributed by atoms with Crippen LogP contribution in [-0.2, 0) is 0 Å². The van der Waals surface area contributed by atoms with Crippen LogP contribution >= 0.6 is 11.6 Å². The van der Waals surface area contributed by atoms with Crippen molar-refractivity contribution in [1.29, 1.82) is 0 Å². The summed E-state index contributed by atoms with van der Waals surface area (Å²) in [6.07, 6.45) is 4.79. The summed E-state index contributed by atoms with van der Waals surface area (Å²) < 4.78 is 0. The Kier molecular flexibility index (Phi) is 5.30. The van der Waals surface area contributed by atoms with Crippen LogP contribution in [-0.4, -0.2) is 11.1 Å². The lowest BCUT2D eigenvalue weighted by Crippen LogP contribution is -2.27. The number of aliphatic hydroxyl groups is 1. The van der Waals surface area contributed by atoms with Crippen molar-refractivity contribution in [2.45, 2.75) is 59.4 Å². The molecule has 2 nitrogen and oxygen atoms in total. The second-order valence-corrected chi connectivity index (χ2v) is 6.79. The Morgan fingerprint density at radius 3 is 2.50 bits per heavy atom. The minimum Gasteiger partial charge on any atom is -0.515 e. The van der Waals surface area contributed by atoms with Crippen molar-refractivity contribution >= 4 is 11.6 Å². The van der Waals surface area contributed by atoms with Crippen LogP contribution in [0.4, 0.5) is 0 Å². The van der Waals surface area contributed by atoms with Crippen molar-refractivity contribution in [2.75, 3.05) is 0 Å². The van der Waals surface area contributed by atoms with Crippen LogP contribution in [0.2, 0.25) is 0 Å². The van der Waals surface area contributed by atoms with Gasteiger partial charge in [0.05, 0.1) is 6.26 Å². The van der Waals surface area contributed by atoms with E-state index in [1.165, 1.54) is 5.57 Å². The molecule has 1 rings (SSSR count). The molecule has 0 radical (unpaired) electrons. The van der Waals surface area contributed by atoms with Crippen LogP contribution in [0.15, 0.2) is 22.4 Å². The van der Waals surface area contributed by atoms with Gasteiger partial charge >= 0.3 is 0 Å². The highest BCUT2D eigenvalue weighted by molar-refractivity contribution is 6.32. The van der Waals surface area contributed by atoms with E-state index in [2.05, 4.69) is 27.7 Å². The summed E-state index contributed by atoms with van der Waals surface area (Å²) in [7, 11) is 0. The molecule has 0 aliphatic heterocycles. The first-order chi connectivity index (χ1) is 8.29. The van der Waals surface area contributed by atoms with Crippen molar-refractivity contribution in [3.8, 4) is 0 Å². The maximum Gasteiger partial charge on any atom is 0.0838 e. The van der Waals surface area contributed by atoms with Gasteiger partial charge in [0, 0.05) is 16.6 Å². The summed E-state index contributed by atoms with van der Waals surface area (Å²) in [5.41, 5.74) is 8.32. The Morgan fingerprint density at radius 2 is 2.06 bits per heavy atom. The van der Waals surface area contributed by atoms with Crippen molar-refractivity contribution in [3.05, 3.63) is 22.4 Å². The minimum atomic E-state index is 0.160. The SMILES string of the molecule is CCC(N)CC1=C(Cl)/C(=C/O)CC(C(C)(C)C)C1. The molecule has 2 unspecified atom stereocenters. The van der Waals surface area contributed by atoms with Crippen molar-refractivity contribution in [1.82, 2.24) is 0 Å². The number of allylic oxidation sites excluding steroid dienone is 2. The monoisotopic (exact) mass is 271 g/mol. The van der Waals surface area contributed by atoms with E-state index in [0.29, 0.717) is 5.92 Å². The topological polar surface area (TPSA) is 46.2 Å². The second kappa shape index (κ2) is 6.12. The van der Waals surface area contributed by atoms with E-state index in [4.69, 9.17) is 17.3 Å². The van der Waals surface area contributed by atoms with Crippen LogP contribution in [0.25, 0.3) is 0 Å². The molecule has 0 heterocycles. The summed E-state index contributed by atoms with van der Waals surface area (Å²) in [5, 5.41) is 10.1. The van der Waals surface area contributed by atoms with Gasteiger partial charge < -0.3 is 10.8 Å². The Hall–Kier alpha value is -0.470. The van der Waals surface area contributed by atoms with Gasteiger partial charge in [0.1, 0.15) is 0 Å². The summed E-state index contributed by atoms with van der Waals surface area (Å²) in [6, 6.07) is 0.160. The number of nitrogens with two attached hydrogens (primary N) is 1. The highest BCUT2D eigenvalue weighted by Gasteiger charge is 2.32. The molecule has 0 saturated carbocycles. The molecule has 0 aromatic carbocycles. The zero-order chi connectivity index (χ0) is 13.9. The average molecular weight is 272 g/mol. The summed E-state index contributed by atoms with van der Waals surface area (Å²) in [4.78, 5) is 0. The Morgan fingerprint density at radius 1 is 1.44 bits per heavy atom. The summed E-state index contributed by atoms with van der Waals surface area (Å²) >= 11 is 6.36. The second-order valence-electron chi connectivity index (χ2n) is 6.42. The van der Waals surface area contributed by atoms with E-state index in [1.807, 2.05) is 0 Å². The first-order valence-electron chi connectivity index (χ1n) is 6.76. The number of halogens is 1. The predicted molar refractivity (Wildman–Crippen MR) is 78.7 cm³/mol. The van der Waals surface area contributed by atoms with Gasteiger partial charge in [-0.15, -0.1) is 0 Å². The molecule has 1 aliphatic carbocycles. The quantitative estimate of drug-likeness (QED) is 0.742. The van der Waals surface area contributed by atoms with E-state index in [1.54, 1.807) is 0 Å². The molecule has 104 valence electrons. The lowest BCUT2D eigenvalue weighted by Gasteiger charge is -2.36. The fraction of sp³-hybridized carbons (Fsp3) is 0.733. The lowest BCUT2D eigenvalue weighted by atomic mass is 9.70. The lowest BCUT2D eigenvalue weighted by molar-refractivity contribution is 0.228. The number of aliphatic hydroxyl groups excluding tert-OH is 1. The fourth-order valence-corrected chi connectivity index (χ4v) is 2.68. The van der Waals surface area contributed by atoms with Crippen molar-refractivity contribution in [3.63, 3.8) is 0 Å². The van der Waals surface area contributed by atoms with Crippen LogP contribution < -0.4 is 5.73 Å². The van der Waals surface area contributed by atoms with Gasteiger partial charge in [-0.3, -0.25) is 0 Å². The van der Waals surface area contributed by atoms with E-state index in [0.717, 1.165) is 42.6 Å². The molecule has 1 aliphatic rings. The van der Waals surface area contributed by atoms with Gasteiger partial charge in [0.15, 0.2) is 0 Å². The summed E-state index contributed by atoms with van der Waals surface area (Å²) in [5.74, 6) is 0.512. The number of hydrogen-bond acceptors (Lipinski definition) is 2. The zero-order valence-corrected chi connectivity index (χ0v) is 12.7. The highest BCUT2D eigenvalue weighted by atomic mass is 35.5. The molecule has 0 spiro atoms. The molecule has 3 N–H and O–H groups in total. The van der Waals surface area contributed by atoms with Crippen LogP contribution in [0, 0.1) is 11.3 Å². The van der Waals surface area contributed by atoms with Gasteiger partial charge in [-0.1, -0.05) is 39.3 Å². The number of rotatable bonds is 3. The molecular weight excluding hydrogens is 246 g/mol. The normalized spacial score (nSPS) is 25.7. The van der Waals surface area contributed by atoms with E-state index >= 15 is 0 Å². The zero-order valence-electron chi connectivity index (χ0n) is 12.0. The molecule has 0 amide bonds. The Bertz CT molecular complexity index is 352. The fourth-order valence-electron chi connectivity index (χ4n) is 2.40. The average Bonchev–Trinajstić information content (AvgIpc) is 2.30. The Balaban J connectivity index is 2.97. The van der Waals surface area contributed by atoms with Gasteiger partial charge in [0.2, 0.25) is 0 Å². The first kappa shape index (κ1) is 15.6. The molecule has 2 atom stereocenters. The summed E-state index contributed by atoms with van der Waals surface area (Å²) in [6.45, 7) is 8.81. The van der Waals surface area contributed by atoms with Crippen LogP contribution in [0.1, 0.15) is 53.4 Å². The molecule has 0 fully saturated rings. The third-order valence-corrected chi connectivity index (χ3v) is 4.47. The molecule has 0 aromatic rings. The number of hydrogen-bond donors (Lipinski definition) is 2. The van der Waals surface area contributed by atoms with Crippen LogP contribution in [0.5, 0.6) is 0 Å². The molecule has 0 saturated heterocycles. The predicted octanol–water partition coefficient (Wildman–Crippen LogP) is 4.50. The molecule has 3 heteroatoms. The van der Waals surface area contributed by atoms with Gasteiger partial charge in [-0.05, 0) is 42.6 Å². The van der Waals surface area contributed by atoms with Crippen molar-refractivity contribution in [2.24, 2.45) is 17.1 Å². The Labute approximate surface area is 116 Å². The van der Waals surface area contributed by atoms with E-state index in [-0.39, 0.29) is 11.5 Å². The first-order valence-corrected chi connectivity index (χ1v) is 7.14. The molecular formula is C15H26ClNO. The minimum absolute atomic E-state index is 0.160. The van der Waals surface area contributed by atoms with Gasteiger partial charge in [-0.2, -0.15) is 0 Å². The molecule has 18 heavy (non-hydrogen) atoms. The molecule has 0 aromatic heterocycles. The largest absolute Gasteiger partial charge is 0.515 e. The highest BCUT2D eigenvalue weighted by Crippen LogP contribution is 2.44. The van der Waals surface area contributed by atoms with Gasteiger partial charge in [0.25, 0.3) is 0 Å². The van der Waals surface area contributed by atoms with E-state index < -0.39 is 0 Å². The molecule has 0 bridgehead atoms. The van der Waals surface area contributed by atoms with E-state index in [9.17, 15) is 5.11 Å². The third kappa shape index (κ3) is 3.76. The maximum absolute atomic E-state index is 9.34. The standard InChI is InChI=1S/C15H26ClNO/c1-5-13(17)8-10-6-12(15(2,3)4)7-11(9-18)14(10)16/h9,12-13,18H,5-8,17H2,1-4H3/b11-9+. The van der Waals surface area contributed by atoms with Crippen molar-refractivity contribution < 1.29 is 5.11 Å². The van der Waals surface area contributed by atoms with Crippen LogP contribution in [0.3, 0.4) is 0 Å².